The van der Waals surface area contributed by atoms with Gasteiger partial charge >= 0.3 is 5.97 Å². The van der Waals surface area contributed by atoms with E-state index in [0.29, 0.717) is 24.1 Å². The van der Waals surface area contributed by atoms with Crippen molar-refractivity contribution in [2.45, 2.75) is 37.1 Å². The molecule has 0 radical (unpaired) electrons. The molecule has 3 heterocycles. The molecule has 0 saturated carbocycles. The highest BCUT2D eigenvalue weighted by atomic mass is 32.2. The number of carbonyl (C=O) groups is 4. The Balaban J connectivity index is 1.60. The first-order valence-corrected chi connectivity index (χ1v) is 14.4. The van der Waals surface area contributed by atoms with Gasteiger partial charge < -0.3 is 25.1 Å². The van der Waals surface area contributed by atoms with E-state index in [1.54, 1.807) is 6.20 Å². The summed E-state index contributed by atoms with van der Waals surface area (Å²) in [6, 6.07) is 5.73. The minimum Gasteiger partial charge on any atom is -0.463 e. The SMILES string of the molecule is CCCCOC(=O)CON=C(C(=O)NC1(Cc2ccc([N+](=O)[O-])cc2)C(=O)N2C=CCS[C@H]21)c1csc(NC=O)n1. The zero-order valence-corrected chi connectivity index (χ0v) is 23.4. The number of fused-ring (bicyclic) bond motifs is 1. The van der Waals surface area contributed by atoms with Crippen LogP contribution in [-0.2, 0) is 35.2 Å². The molecule has 216 valence electrons. The lowest BCUT2D eigenvalue weighted by atomic mass is 9.81. The molecular weight excluding hydrogens is 576 g/mol. The molecule has 1 aromatic heterocycles. The summed E-state index contributed by atoms with van der Waals surface area (Å²) in [5, 5.41) is 21.3. The highest BCUT2D eigenvalue weighted by molar-refractivity contribution is 8.00. The van der Waals surface area contributed by atoms with Crippen LogP contribution in [0.5, 0.6) is 0 Å². The van der Waals surface area contributed by atoms with Crippen molar-refractivity contribution in [3.05, 3.63) is 63.3 Å². The molecule has 41 heavy (non-hydrogen) atoms. The molecular formula is C25H26N6O8S2. The van der Waals surface area contributed by atoms with E-state index in [1.807, 2.05) is 13.0 Å². The summed E-state index contributed by atoms with van der Waals surface area (Å²) in [5.41, 5.74) is -1.21. The number of hydrogen-bond acceptors (Lipinski definition) is 12. The number of hydrogen-bond donors (Lipinski definition) is 2. The second-order valence-corrected chi connectivity index (χ2v) is 10.9. The van der Waals surface area contributed by atoms with Gasteiger partial charge in [-0.3, -0.25) is 24.5 Å². The summed E-state index contributed by atoms with van der Waals surface area (Å²) in [6.45, 7) is 1.61. The molecule has 1 fully saturated rings. The third kappa shape index (κ3) is 6.71. The number of benzene rings is 1. The van der Waals surface area contributed by atoms with Crippen molar-refractivity contribution in [2.75, 3.05) is 24.3 Å². The van der Waals surface area contributed by atoms with E-state index < -0.39 is 34.3 Å². The number of anilines is 1. The summed E-state index contributed by atoms with van der Waals surface area (Å²) in [6.07, 6.45) is 5.48. The molecule has 1 unspecified atom stereocenters. The quantitative estimate of drug-likeness (QED) is 0.0618. The lowest BCUT2D eigenvalue weighted by Crippen LogP contribution is -2.79. The number of thiazole rings is 1. The van der Waals surface area contributed by atoms with Crippen LogP contribution in [0.2, 0.25) is 0 Å². The van der Waals surface area contributed by atoms with E-state index in [-0.39, 0.29) is 41.2 Å². The molecule has 0 bridgehead atoms. The zero-order chi connectivity index (χ0) is 29.4. The van der Waals surface area contributed by atoms with Crippen LogP contribution in [-0.4, -0.2) is 74.6 Å². The van der Waals surface area contributed by atoms with Crippen LogP contribution in [0.1, 0.15) is 31.0 Å². The number of nitro groups is 1. The van der Waals surface area contributed by atoms with Gasteiger partial charge in [-0.1, -0.05) is 36.7 Å². The highest BCUT2D eigenvalue weighted by Crippen LogP contribution is 2.43. The number of amides is 3. The van der Waals surface area contributed by atoms with E-state index in [0.717, 1.165) is 17.8 Å². The van der Waals surface area contributed by atoms with Crippen LogP contribution in [0.25, 0.3) is 0 Å². The zero-order valence-electron chi connectivity index (χ0n) is 21.8. The number of aromatic nitrogens is 1. The second-order valence-electron chi connectivity index (χ2n) is 8.90. The fourth-order valence-electron chi connectivity index (χ4n) is 4.15. The maximum Gasteiger partial charge on any atom is 0.347 e. The fraction of sp³-hybridized carbons (Fsp3) is 0.360. The van der Waals surface area contributed by atoms with E-state index in [1.165, 1.54) is 46.3 Å². The van der Waals surface area contributed by atoms with Gasteiger partial charge in [-0.15, -0.1) is 23.1 Å². The molecule has 1 saturated heterocycles. The van der Waals surface area contributed by atoms with Crippen molar-refractivity contribution < 1.29 is 33.7 Å². The second kappa shape index (κ2) is 13.4. The van der Waals surface area contributed by atoms with Crippen molar-refractivity contribution in [3.63, 3.8) is 0 Å². The Morgan fingerprint density at radius 2 is 2.12 bits per heavy atom. The van der Waals surface area contributed by atoms with Crippen LogP contribution in [0, 0.1) is 10.1 Å². The number of nitro benzene ring substituents is 1. The summed E-state index contributed by atoms with van der Waals surface area (Å²) in [4.78, 5) is 71.4. The molecule has 14 nitrogen and oxygen atoms in total. The standard InChI is InChI=1S/C25H26N6O8S2/c1-2-3-10-38-19(33)13-39-29-20(18-14-41-24(27-18)26-15-32)21(34)28-25(22(35)30-9-4-11-40-23(25)30)12-16-5-7-17(8-6-16)31(36)37/h4-9,14-15,23H,2-3,10-13H2,1H3,(H,28,34)(H,26,27,32)/t23-,25?/m0/s1. The number of rotatable bonds is 14. The normalized spacial score (nSPS) is 19.5. The summed E-state index contributed by atoms with van der Waals surface area (Å²) in [5.74, 6) is -1.26. The fourth-order valence-corrected chi connectivity index (χ4v) is 6.04. The number of carbonyl (C=O) groups excluding carboxylic acids is 4. The average Bonchev–Trinajstić information content (AvgIpc) is 3.43. The molecule has 2 N–H and O–H groups in total. The molecule has 3 amide bonds. The van der Waals surface area contributed by atoms with Crippen LogP contribution < -0.4 is 10.6 Å². The highest BCUT2D eigenvalue weighted by Gasteiger charge is 2.62. The monoisotopic (exact) mass is 602 g/mol. The van der Waals surface area contributed by atoms with Gasteiger partial charge in [0.1, 0.15) is 11.1 Å². The van der Waals surface area contributed by atoms with Crippen molar-refractivity contribution >= 4 is 63.8 Å². The minimum absolute atomic E-state index is 0.0431. The minimum atomic E-state index is -1.41. The molecule has 2 aromatic rings. The lowest BCUT2D eigenvalue weighted by molar-refractivity contribution is -0.384. The summed E-state index contributed by atoms with van der Waals surface area (Å²) in [7, 11) is 0. The number of unbranched alkanes of at least 4 members (excludes halogenated alkanes) is 1. The Morgan fingerprint density at radius 3 is 2.83 bits per heavy atom. The molecule has 16 heteroatoms. The number of nitrogens with zero attached hydrogens (tertiary/aromatic N) is 4. The molecule has 4 rings (SSSR count). The number of ether oxygens (including phenoxy) is 1. The first-order chi connectivity index (χ1) is 19.8. The Hall–Kier alpha value is -4.31. The largest absolute Gasteiger partial charge is 0.463 e. The van der Waals surface area contributed by atoms with Crippen molar-refractivity contribution in [1.29, 1.82) is 0 Å². The molecule has 2 aliphatic rings. The number of esters is 1. The van der Waals surface area contributed by atoms with Gasteiger partial charge in [0, 0.05) is 35.9 Å². The van der Waals surface area contributed by atoms with Gasteiger partial charge in [-0.2, -0.15) is 0 Å². The first-order valence-electron chi connectivity index (χ1n) is 12.5. The Labute approximate surface area is 242 Å². The average molecular weight is 603 g/mol. The first kappa shape index (κ1) is 29.7. The number of nitrogens with one attached hydrogen (secondary N) is 2. The number of β-lactam (4-membered cyclic amide) rings is 1. The van der Waals surface area contributed by atoms with Gasteiger partial charge in [-0.05, 0) is 12.0 Å². The van der Waals surface area contributed by atoms with Crippen molar-refractivity contribution in [2.24, 2.45) is 5.16 Å². The number of thioether (sulfide) groups is 1. The van der Waals surface area contributed by atoms with E-state index in [9.17, 15) is 29.3 Å². The van der Waals surface area contributed by atoms with Crippen molar-refractivity contribution in [3.8, 4) is 0 Å². The van der Waals surface area contributed by atoms with E-state index in [2.05, 4.69) is 20.8 Å². The van der Waals surface area contributed by atoms with E-state index >= 15 is 0 Å². The maximum absolute atomic E-state index is 13.7. The van der Waals surface area contributed by atoms with Gasteiger partial charge in [-0.25, -0.2) is 9.78 Å². The number of non-ortho nitro benzene ring substituents is 1. The smallest absolute Gasteiger partial charge is 0.347 e. The molecule has 0 spiro atoms. The topological polar surface area (TPSA) is 182 Å². The van der Waals surface area contributed by atoms with Gasteiger partial charge in [0.25, 0.3) is 17.5 Å². The van der Waals surface area contributed by atoms with E-state index in [4.69, 9.17) is 9.57 Å². The van der Waals surface area contributed by atoms with Gasteiger partial charge in [0.2, 0.25) is 13.0 Å². The third-order valence-electron chi connectivity index (χ3n) is 6.12. The van der Waals surface area contributed by atoms with Gasteiger partial charge in [0.15, 0.2) is 16.4 Å². The Bertz CT molecular complexity index is 1380. The predicted molar refractivity (Wildman–Crippen MR) is 150 cm³/mol. The lowest BCUT2D eigenvalue weighted by Gasteiger charge is -2.55. The molecule has 0 aliphatic carbocycles. The van der Waals surface area contributed by atoms with Crippen LogP contribution in [0.15, 0.2) is 47.1 Å². The van der Waals surface area contributed by atoms with Crippen molar-refractivity contribution in [1.82, 2.24) is 15.2 Å². The Morgan fingerprint density at radius 1 is 1.34 bits per heavy atom. The summed E-state index contributed by atoms with van der Waals surface area (Å²) < 4.78 is 5.04. The molecule has 2 aliphatic heterocycles. The van der Waals surface area contributed by atoms with Crippen LogP contribution in [0.3, 0.4) is 0 Å². The maximum atomic E-state index is 13.7. The van der Waals surface area contributed by atoms with Gasteiger partial charge in [0.05, 0.1) is 11.5 Å². The molecule has 1 aromatic carbocycles. The summed E-state index contributed by atoms with van der Waals surface area (Å²) >= 11 is 2.47. The van der Waals surface area contributed by atoms with Crippen LogP contribution >= 0.6 is 23.1 Å². The number of oxime groups is 1. The Kier molecular flexibility index (Phi) is 9.67. The third-order valence-corrected chi connectivity index (χ3v) is 8.22. The van der Waals surface area contributed by atoms with Crippen LogP contribution in [0.4, 0.5) is 10.8 Å². The molecule has 2 atom stereocenters. The predicted octanol–water partition coefficient (Wildman–Crippen LogP) is 2.21.